The number of sulfonamides is 1. The van der Waals surface area contributed by atoms with E-state index in [1.807, 2.05) is 47.6 Å². The molecule has 2 aromatic carbocycles. The van der Waals surface area contributed by atoms with Crippen molar-refractivity contribution in [3.8, 4) is 11.4 Å². The van der Waals surface area contributed by atoms with Gasteiger partial charge in [-0.15, -0.1) is 10.2 Å². The number of anilines is 1. The van der Waals surface area contributed by atoms with Crippen LogP contribution in [0.3, 0.4) is 0 Å². The monoisotopic (exact) mass is 541 g/mol. The van der Waals surface area contributed by atoms with Gasteiger partial charge in [0.25, 0.3) is 0 Å². The van der Waals surface area contributed by atoms with Crippen molar-refractivity contribution in [1.82, 2.24) is 19.1 Å². The highest BCUT2D eigenvalue weighted by Gasteiger charge is 2.31. The van der Waals surface area contributed by atoms with Crippen LogP contribution in [-0.2, 0) is 27.8 Å². The summed E-state index contributed by atoms with van der Waals surface area (Å²) in [6, 6.07) is 15.0. The number of benzene rings is 2. The predicted molar refractivity (Wildman–Crippen MR) is 148 cm³/mol. The molecule has 0 N–H and O–H groups in total. The number of thioether (sulfide) groups is 1. The van der Waals surface area contributed by atoms with Crippen molar-refractivity contribution >= 4 is 33.4 Å². The van der Waals surface area contributed by atoms with Gasteiger partial charge in [-0.05, 0) is 43.0 Å². The fourth-order valence-corrected chi connectivity index (χ4v) is 7.10. The lowest BCUT2D eigenvalue weighted by molar-refractivity contribution is -0.116. The molecule has 1 aliphatic heterocycles. The van der Waals surface area contributed by atoms with E-state index in [4.69, 9.17) is 0 Å². The lowest BCUT2D eigenvalue weighted by Gasteiger charge is -2.22. The minimum Gasteiger partial charge on any atom is -0.308 e. The van der Waals surface area contributed by atoms with Crippen molar-refractivity contribution in [2.75, 3.05) is 23.7 Å². The van der Waals surface area contributed by atoms with Crippen LogP contribution < -0.4 is 4.90 Å². The molecule has 198 valence electrons. The molecular formula is C27H35N5O3S2. The van der Waals surface area contributed by atoms with Gasteiger partial charge in [-0.1, -0.05) is 69.8 Å². The third-order valence-corrected chi connectivity index (χ3v) is 9.50. The molecule has 4 rings (SSSR count). The molecule has 1 atom stereocenters. The van der Waals surface area contributed by atoms with E-state index >= 15 is 0 Å². The first-order chi connectivity index (χ1) is 17.7. The smallest absolute Gasteiger partial charge is 0.243 e. The highest BCUT2D eigenvalue weighted by atomic mass is 32.2. The molecule has 1 amide bonds. The first kappa shape index (κ1) is 27.3. The fourth-order valence-electron chi connectivity index (χ4n) is 4.79. The number of fused-ring (bicyclic) bond motifs is 1. The molecule has 37 heavy (non-hydrogen) atoms. The maximum absolute atomic E-state index is 13.3. The number of carbonyl (C=O) groups excluding carboxylic acids is 1. The van der Waals surface area contributed by atoms with Gasteiger partial charge in [-0.2, -0.15) is 4.31 Å². The lowest BCUT2D eigenvalue weighted by Crippen LogP contribution is -2.37. The molecule has 8 nitrogen and oxygen atoms in total. The van der Waals surface area contributed by atoms with E-state index in [0.717, 1.165) is 12.1 Å². The van der Waals surface area contributed by atoms with Crippen LogP contribution in [0, 0.1) is 5.92 Å². The Kier molecular flexibility index (Phi) is 8.40. The molecular weight excluding hydrogens is 506 g/mol. The number of para-hydroxylation sites is 1. The van der Waals surface area contributed by atoms with Gasteiger partial charge in [-0.3, -0.25) is 4.79 Å². The summed E-state index contributed by atoms with van der Waals surface area (Å²) in [6.07, 6.45) is 0.854. The van der Waals surface area contributed by atoms with E-state index in [1.165, 1.54) is 21.6 Å². The third-order valence-electron chi connectivity index (χ3n) is 6.50. The molecule has 0 saturated heterocycles. The van der Waals surface area contributed by atoms with Crippen molar-refractivity contribution in [2.45, 2.75) is 63.7 Å². The molecule has 1 aliphatic rings. The van der Waals surface area contributed by atoms with Gasteiger partial charge in [0, 0.05) is 36.9 Å². The molecule has 0 saturated carbocycles. The zero-order chi connectivity index (χ0) is 26.7. The van der Waals surface area contributed by atoms with Crippen LogP contribution in [0.4, 0.5) is 5.69 Å². The Bertz CT molecular complexity index is 1370. The van der Waals surface area contributed by atoms with Gasteiger partial charge >= 0.3 is 0 Å². The zero-order valence-corrected chi connectivity index (χ0v) is 23.7. The van der Waals surface area contributed by atoms with Crippen LogP contribution in [-0.4, -0.2) is 58.3 Å². The Morgan fingerprint density at radius 2 is 1.84 bits per heavy atom. The number of nitrogens with zero attached hydrogens (tertiary/aromatic N) is 5. The molecule has 3 aromatic rings. The van der Waals surface area contributed by atoms with E-state index < -0.39 is 10.0 Å². The summed E-state index contributed by atoms with van der Waals surface area (Å²) in [5.74, 6) is 1.18. The van der Waals surface area contributed by atoms with E-state index in [2.05, 4.69) is 37.0 Å². The van der Waals surface area contributed by atoms with Crippen molar-refractivity contribution < 1.29 is 13.2 Å². The molecule has 0 bridgehead atoms. The molecule has 0 aliphatic carbocycles. The van der Waals surface area contributed by atoms with Gasteiger partial charge in [0.05, 0.1) is 10.6 Å². The molecule has 0 spiro atoms. The second-order valence-corrected chi connectivity index (χ2v) is 12.5. The number of hydrogen-bond donors (Lipinski definition) is 0. The van der Waals surface area contributed by atoms with Crippen LogP contribution in [0.5, 0.6) is 0 Å². The van der Waals surface area contributed by atoms with E-state index in [-0.39, 0.29) is 22.6 Å². The Balaban J connectivity index is 1.60. The van der Waals surface area contributed by atoms with Crippen molar-refractivity contribution in [3.05, 3.63) is 54.1 Å². The normalized spacial score (nSPS) is 15.5. The number of aromatic nitrogens is 3. The Morgan fingerprint density at radius 3 is 2.54 bits per heavy atom. The average molecular weight is 542 g/mol. The lowest BCUT2D eigenvalue weighted by atomic mass is 10.1. The topological polar surface area (TPSA) is 88.4 Å². The molecule has 10 heteroatoms. The zero-order valence-electron chi connectivity index (χ0n) is 22.1. The SMILES string of the molecule is CCN(CC)S(=O)(=O)c1cccc(-c2nnc(SCC(=O)N3c4ccccc4C[C@H]3C)n2CC(C)C)c1. The highest BCUT2D eigenvalue weighted by Crippen LogP contribution is 2.33. The maximum atomic E-state index is 13.3. The first-order valence-corrected chi connectivity index (χ1v) is 15.2. The second-order valence-electron chi connectivity index (χ2n) is 9.66. The van der Waals surface area contributed by atoms with Crippen LogP contribution >= 0.6 is 11.8 Å². The number of carbonyl (C=O) groups is 1. The van der Waals surface area contributed by atoms with Gasteiger partial charge in [-0.25, -0.2) is 8.42 Å². The maximum Gasteiger partial charge on any atom is 0.243 e. The van der Waals surface area contributed by atoms with Crippen LogP contribution in [0.1, 0.15) is 40.2 Å². The average Bonchev–Trinajstić information content (AvgIpc) is 3.42. The van der Waals surface area contributed by atoms with E-state index in [0.29, 0.717) is 42.1 Å². The molecule has 0 radical (unpaired) electrons. The Labute approximate surface area is 224 Å². The highest BCUT2D eigenvalue weighted by molar-refractivity contribution is 7.99. The van der Waals surface area contributed by atoms with Crippen LogP contribution in [0.2, 0.25) is 0 Å². The summed E-state index contributed by atoms with van der Waals surface area (Å²) in [4.78, 5) is 15.4. The number of hydrogen-bond acceptors (Lipinski definition) is 6. The predicted octanol–water partition coefficient (Wildman–Crippen LogP) is 4.70. The quantitative estimate of drug-likeness (QED) is 0.346. The molecule has 1 aromatic heterocycles. The van der Waals surface area contributed by atoms with E-state index in [9.17, 15) is 13.2 Å². The van der Waals surface area contributed by atoms with Gasteiger partial charge in [0.1, 0.15) is 0 Å². The van der Waals surface area contributed by atoms with Crippen LogP contribution in [0.15, 0.2) is 58.6 Å². The van der Waals surface area contributed by atoms with Gasteiger partial charge in [0.2, 0.25) is 15.9 Å². The van der Waals surface area contributed by atoms with Crippen LogP contribution in [0.25, 0.3) is 11.4 Å². The summed E-state index contributed by atoms with van der Waals surface area (Å²) in [5, 5.41) is 9.49. The number of amides is 1. The summed E-state index contributed by atoms with van der Waals surface area (Å²) in [5.41, 5.74) is 2.86. The van der Waals surface area contributed by atoms with E-state index in [1.54, 1.807) is 18.2 Å². The first-order valence-electron chi connectivity index (χ1n) is 12.7. The van der Waals surface area contributed by atoms with Crippen molar-refractivity contribution in [3.63, 3.8) is 0 Å². The molecule has 2 heterocycles. The third kappa shape index (κ3) is 5.61. The molecule has 0 unspecified atom stereocenters. The van der Waals surface area contributed by atoms with Crippen molar-refractivity contribution in [2.24, 2.45) is 5.92 Å². The minimum absolute atomic E-state index is 0.0374. The summed E-state index contributed by atoms with van der Waals surface area (Å²) in [7, 11) is -3.60. The van der Waals surface area contributed by atoms with Gasteiger partial charge in [0.15, 0.2) is 11.0 Å². The Hall–Kier alpha value is -2.69. The minimum atomic E-state index is -3.60. The summed E-state index contributed by atoms with van der Waals surface area (Å²) in [6.45, 7) is 11.4. The molecule has 0 fully saturated rings. The summed E-state index contributed by atoms with van der Waals surface area (Å²) < 4.78 is 29.6. The second kappa shape index (κ2) is 11.4. The fraction of sp³-hybridized carbons (Fsp3) is 0.444. The summed E-state index contributed by atoms with van der Waals surface area (Å²) >= 11 is 1.37. The Morgan fingerprint density at radius 1 is 1.11 bits per heavy atom. The standard InChI is InChI=1S/C27H35N5O3S2/c1-6-30(7-2)37(34,35)23-13-10-12-22(16-23)26-28-29-27(31(26)17-19(3)4)36-18-25(33)32-20(5)15-21-11-8-9-14-24(21)32/h8-14,16,19-20H,6-7,15,17-18H2,1-5H3/t20-/m1/s1. The van der Waals surface area contributed by atoms with Gasteiger partial charge < -0.3 is 9.47 Å². The number of rotatable bonds is 10. The van der Waals surface area contributed by atoms with Crippen molar-refractivity contribution in [1.29, 1.82) is 0 Å². The largest absolute Gasteiger partial charge is 0.308 e.